The van der Waals surface area contributed by atoms with Crippen LogP contribution in [0.15, 0.2) is 67.0 Å². The van der Waals surface area contributed by atoms with Crippen LogP contribution in [0.5, 0.6) is 0 Å². The molecule has 0 aliphatic carbocycles. The monoisotopic (exact) mass is 330 g/mol. The van der Waals surface area contributed by atoms with Gasteiger partial charge in [0.15, 0.2) is 0 Å². The molecule has 6 heteroatoms. The first-order valence-electron chi connectivity index (χ1n) is 7.73. The number of nitrogens with zero attached hydrogens (tertiary/aromatic N) is 1. The van der Waals surface area contributed by atoms with Gasteiger partial charge in [-0.15, -0.1) is 0 Å². The fourth-order valence-electron chi connectivity index (χ4n) is 2.66. The van der Waals surface area contributed by atoms with Gasteiger partial charge in [-0.3, -0.25) is 14.6 Å². The molecule has 1 aromatic heterocycles. The molecule has 4 rings (SSSR count). The standard InChI is InChI=1S/C19H14N4O2/c24-18(21-13-7-9-20-10-8-13)12-5-6-16-17(11-12)23-19(25)14-3-1-2-4-15(14)22-16/h1-11,22H,(H,23,25)(H,20,21,24). The van der Waals surface area contributed by atoms with Crippen LogP contribution in [0.3, 0.4) is 0 Å². The summed E-state index contributed by atoms with van der Waals surface area (Å²) >= 11 is 0. The number of carbonyl (C=O) groups is 2. The van der Waals surface area contributed by atoms with Crippen molar-refractivity contribution in [2.24, 2.45) is 0 Å². The van der Waals surface area contributed by atoms with Crippen LogP contribution < -0.4 is 16.0 Å². The molecule has 0 saturated carbocycles. The molecule has 3 N–H and O–H groups in total. The van der Waals surface area contributed by atoms with Crippen molar-refractivity contribution in [2.45, 2.75) is 0 Å². The van der Waals surface area contributed by atoms with Crippen LogP contribution in [-0.4, -0.2) is 16.8 Å². The first kappa shape index (κ1) is 14.9. The summed E-state index contributed by atoms with van der Waals surface area (Å²) < 4.78 is 0. The number of fused-ring (bicyclic) bond motifs is 2. The predicted octanol–water partition coefficient (Wildman–Crippen LogP) is 3.64. The molecule has 122 valence electrons. The summed E-state index contributed by atoms with van der Waals surface area (Å²) in [5.41, 5.74) is 3.68. The van der Waals surface area contributed by atoms with Gasteiger partial charge >= 0.3 is 0 Å². The lowest BCUT2D eigenvalue weighted by molar-refractivity contribution is 0.101. The molecule has 0 bridgehead atoms. The minimum atomic E-state index is -0.259. The van der Waals surface area contributed by atoms with Crippen LogP contribution in [0.2, 0.25) is 0 Å². The molecule has 1 aliphatic rings. The van der Waals surface area contributed by atoms with E-state index >= 15 is 0 Å². The molecule has 25 heavy (non-hydrogen) atoms. The summed E-state index contributed by atoms with van der Waals surface area (Å²) in [4.78, 5) is 28.7. The van der Waals surface area contributed by atoms with Gasteiger partial charge in [0.2, 0.25) is 0 Å². The van der Waals surface area contributed by atoms with Crippen LogP contribution >= 0.6 is 0 Å². The molecule has 0 atom stereocenters. The van der Waals surface area contributed by atoms with E-state index in [1.807, 2.05) is 18.2 Å². The summed E-state index contributed by atoms with van der Waals surface area (Å²) in [6.45, 7) is 0. The van der Waals surface area contributed by atoms with E-state index in [0.29, 0.717) is 22.5 Å². The quantitative estimate of drug-likeness (QED) is 0.670. The number of pyridine rings is 1. The number of nitrogens with one attached hydrogen (secondary N) is 3. The highest BCUT2D eigenvalue weighted by Gasteiger charge is 2.19. The predicted molar refractivity (Wildman–Crippen MR) is 96.3 cm³/mol. The SMILES string of the molecule is O=C(Nc1ccncc1)c1ccc2c(c1)NC(=O)c1ccccc1N2. The van der Waals surface area contributed by atoms with Gasteiger partial charge in [0.1, 0.15) is 0 Å². The van der Waals surface area contributed by atoms with Crippen molar-refractivity contribution < 1.29 is 9.59 Å². The lowest BCUT2D eigenvalue weighted by atomic mass is 10.1. The zero-order valence-electron chi connectivity index (χ0n) is 13.1. The van der Waals surface area contributed by atoms with Crippen molar-refractivity contribution in [3.8, 4) is 0 Å². The van der Waals surface area contributed by atoms with Gasteiger partial charge in [0.05, 0.1) is 22.6 Å². The molecule has 0 radical (unpaired) electrons. The largest absolute Gasteiger partial charge is 0.353 e. The molecule has 2 aromatic carbocycles. The zero-order valence-corrected chi connectivity index (χ0v) is 13.1. The molecule has 2 heterocycles. The number of carbonyl (C=O) groups excluding carboxylic acids is 2. The number of hydrogen-bond acceptors (Lipinski definition) is 4. The topological polar surface area (TPSA) is 83.1 Å². The van der Waals surface area contributed by atoms with Crippen LogP contribution in [0.4, 0.5) is 22.7 Å². The fraction of sp³-hybridized carbons (Fsp3) is 0. The first-order chi connectivity index (χ1) is 12.2. The van der Waals surface area contributed by atoms with E-state index in [0.717, 1.165) is 11.4 Å². The third-order valence-electron chi connectivity index (χ3n) is 3.91. The molecular formula is C19H14N4O2. The Labute approximate surface area is 143 Å². The minimum absolute atomic E-state index is 0.214. The summed E-state index contributed by atoms with van der Waals surface area (Å²) in [5.74, 6) is -0.474. The van der Waals surface area contributed by atoms with Crippen molar-refractivity contribution in [1.29, 1.82) is 0 Å². The van der Waals surface area contributed by atoms with Crippen molar-refractivity contribution in [3.63, 3.8) is 0 Å². The number of aromatic nitrogens is 1. The second-order valence-electron chi connectivity index (χ2n) is 5.58. The number of anilines is 4. The molecular weight excluding hydrogens is 316 g/mol. The summed E-state index contributed by atoms with van der Waals surface area (Å²) in [5, 5.41) is 8.87. The first-order valence-corrected chi connectivity index (χ1v) is 7.73. The van der Waals surface area contributed by atoms with Crippen molar-refractivity contribution in [1.82, 2.24) is 4.98 Å². The maximum absolute atomic E-state index is 12.4. The number of hydrogen-bond donors (Lipinski definition) is 3. The van der Waals surface area contributed by atoms with Crippen molar-refractivity contribution in [2.75, 3.05) is 16.0 Å². The highest BCUT2D eigenvalue weighted by atomic mass is 16.2. The van der Waals surface area contributed by atoms with E-state index in [1.54, 1.807) is 48.8 Å². The fourth-order valence-corrected chi connectivity index (χ4v) is 2.66. The normalized spacial score (nSPS) is 12.1. The van der Waals surface area contributed by atoms with Gasteiger partial charge in [0, 0.05) is 23.6 Å². The molecule has 3 aromatic rings. The summed E-state index contributed by atoms with van der Waals surface area (Å²) in [6, 6.07) is 15.8. The Hall–Kier alpha value is -3.67. The number of benzene rings is 2. The third kappa shape index (κ3) is 2.92. The van der Waals surface area contributed by atoms with Crippen LogP contribution in [0.25, 0.3) is 0 Å². The van der Waals surface area contributed by atoms with Gasteiger partial charge < -0.3 is 16.0 Å². The van der Waals surface area contributed by atoms with Gasteiger partial charge in [-0.2, -0.15) is 0 Å². The van der Waals surface area contributed by atoms with E-state index in [1.165, 1.54) is 0 Å². The van der Waals surface area contributed by atoms with Crippen LogP contribution in [-0.2, 0) is 0 Å². The zero-order chi connectivity index (χ0) is 17.2. The number of amides is 2. The number of rotatable bonds is 2. The van der Waals surface area contributed by atoms with Crippen molar-refractivity contribution in [3.05, 3.63) is 78.1 Å². The highest BCUT2D eigenvalue weighted by molar-refractivity contribution is 6.13. The Morgan fingerprint density at radius 1 is 0.880 bits per heavy atom. The molecule has 2 amide bonds. The Balaban J connectivity index is 1.64. The van der Waals surface area contributed by atoms with Gasteiger partial charge in [-0.1, -0.05) is 12.1 Å². The minimum Gasteiger partial charge on any atom is -0.353 e. The molecule has 0 saturated heterocycles. The maximum atomic E-state index is 12.4. The van der Waals surface area contributed by atoms with Crippen molar-refractivity contribution >= 4 is 34.6 Å². The average Bonchev–Trinajstić information content (AvgIpc) is 2.78. The van der Waals surface area contributed by atoms with E-state index < -0.39 is 0 Å². The van der Waals surface area contributed by atoms with E-state index in [-0.39, 0.29) is 11.8 Å². The summed E-state index contributed by atoms with van der Waals surface area (Å²) in [6.07, 6.45) is 3.21. The molecule has 6 nitrogen and oxygen atoms in total. The van der Waals surface area contributed by atoms with E-state index in [9.17, 15) is 9.59 Å². The van der Waals surface area contributed by atoms with Crippen LogP contribution in [0, 0.1) is 0 Å². The Kier molecular flexibility index (Phi) is 3.63. The molecule has 1 aliphatic heterocycles. The molecule has 0 unspecified atom stereocenters. The highest BCUT2D eigenvalue weighted by Crippen LogP contribution is 2.32. The van der Waals surface area contributed by atoms with E-state index in [2.05, 4.69) is 20.9 Å². The second kappa shape index (κ2) is 6.09. The molecule has 0 spiro atoms. The Morgan fingerprint density at radius 3 is 2.52 bits per heavy atom. The second-order valence-corrected chi connectivity index (χ2v) is 5.58. The van der Waals surface area contributed by atoms with Gasteiger partial charge in [-0.05, 0) is 42.5 Å². The average molecular weight is 330 g/mol. The number of para-hydroxylation sites is 1. The van der Waals surface area contributed by atoms with E-state index in [4.69, 9.17) is 0 Å². The van der Waals surface area contributed by atoms with Crippen LogP contribution in [0.1, 0.15) is 20.7 Å². The lowest BCUT2D eigenvalue weighted by Gasteiger charge is -2.11. The Bertz CT molecular complexity index is 970. The van der Waals surface area contributed by atoms with Gasteiger partial charge in [-0.25, -0.2) is 0 Å². The maximum Gasteiger partial charge on any atom is 0.257 e. The van der Waals surface area contributed by atoms with Gasteiger partial charge in [0.25, 0.3) is 11.8 Å². The lowest BCUT2D eigenvalue weighted by Crippen LogP contribution is -2.14. The molecule has 0 fully saturated rings. The third-order valence-corrected chi connectivity index (χ3v) is 3.91. The Morgan fingerprint density at radius 2 is 1.68 bits per heavy atom. The summed E-state index contributed by atoms with van der Waals surface area (Å²) in [7, 11) is 0. The smallest absolute Gasteiger partial charge is 0.257 e.